The summed E-state index contributed by atoms with van der Waals surface area (Å²) in [7, 11) is 0. The summed E-state index contributed by atoms with van der Waals surface area (Å²) in [6, 6.07) is 1.79. The summed E-state index contributed by atoms with van der Waals surface area (Å²) in [5.74, 6) is -0.0993. The molecule has 17 heavy (non-hydrogen) atoms. The molecule has 0 radical (unpaired) electrons. The number of amides is 1. The van der Waals surface area contributed by atoms with Crippen LogP contribution in [0.1, 0.15) is 29.9 Å². The van der Waals surface area contributed by atoms with Gasteiger partial charge in [-0.3, -0.25) is 4.79 Å². The third-order valence-electron chi connectivity index (χ3n) is 2.07. The molecule has 1 aromatic rings. The zero-order valence-electron chi connectivity index (χ0n) is 10.3. The second kappa shape index (κ2) is 6.30. The van der Waals surface area contributed by atoms with Crippen molar-refractivity contribution in [3.05, 3.63) is 23.1 Å². The highest BCUT2D eigenvalue weighted by Crippen LogP contribution is 2.29. The molecule has 0 fully saturated rings. The SMILES string of the molecule is C=C(C)CNc1cc(N)c(C(=O)NCCC)s1. The molecule has 1 aromatic heterocycles. The Morgan fingerprint density at radius 2 is 2.29 bits per heavy atom. The fourth-order valence-electron chi connectivity index (χ4n) is 1.23. The number of anilines is 2. The summed E-state index contributed by atoms with van der Waals surface area (Å²) in [4.78, 5) is 12.3. The molecule has 0 atom stereocenters. The van der Waals surface area contributed by atoms with E-state index in [0.717, 1.165) is 17.0 Å². The molecule has 0 aliphatic heterocycles. The third-order valence-corrected chi connectivity index (χ3v) is 3.17. The Hall–Kier alpha value is -1.49. The number of rotatable bonds is 6. The van der Waals surface area contributed by atoms with Crippen LogP contribution in [0.5, 0.6) is 0 Å². The van der Waals surface area contributed by atoms with Crippen LogP contribution in [-0.4, -0.2) is 19.0 Å². The van der Waals surface area contributed by atoms with Gasteiger partial charge in [0.15, 0.2) is 0 Å². The minimum absolute atomic E-state index is 0.0993. The van der Waals surface area contributed by atoms with Gasteiger partial charge in [-0.25, -0.2) is 0 Å². The van der Waals surface area contributed by atoms with E-state index in [1.165, 1.54) is 11.3 Å². The van der Waals surface area contributed by atoms with Crippen molar-refractivity contribution in [2.24, 2.45) is 0 Å². The number of carbonyl (C=O) groups is 1. The number of hydrogen-bond donors (Lipinski definition) is 3. The molecule has 5 heteroatoms. The van der Waals surface area contributed by atoms with Gasteiger partial charge < -0.3 is 16.4 Å². The molecule has 4 nitrogen and oxygen atoms in total. The van der Waals surface area contributed by atoms with Crippen LogP contribution in [0.15, 0.2) is 18.2 Å². The molecule has 1 heterocycles. The van der Waals surface area contributed by atoms with E-state index in [4.69, 9.17) is 5.73 Å². The number of thiophene rings is 1. The summed E-state index contributed by atoms with van der Waals surface area (Å²) >= 11 is 1.37. The average molecular weight is 253 g/mol. The molecule has 0 spiro atoms. The number of carbonyl (C=O) groups excluding carboxylic acids is 1. The Morgan fingerprint density at radius 3 is 2.88 bits per heavy atom. The fraction of sp³-hybridized carbons (Fsp3) is 0.417. The highest BCUT2D eigenvalue weighted by atomic mass is 32.1. The lowest BCUT2D eigenvalue weighted by molar-refractivity contribution is 0.0958. The van der Waals surface area contributed by atoms with Crippen LogP contribution < -0.4 is 16.4 Å². The molecule has 0 unspecified atom stereocenters. The Balaban J connectivity index is 2.67. The maximum atomic E-state index is 11.7. The topological polar surface area (TPSA) is 67.1 Å². The normalized spacial score (nSPS) is 10.0. The lowest BCUT2D eigenvalue weighted by Crippen LogP contribution is -2.23. The molecule has 4 N–H and O–H groups in total. The first-order valence-electron chi connectivity index (χ1n) is 5.60. The van der Waals surface area contributed by atoms with E-state index in [1.54, 1.807) is 6.07 Å². The molecule has 0 bridgehead atoms. The molecule has 0 aliphatic rings. The van der Waals surface area contributed by atoms with Crippen molar-refractivity contribution in [3.63, 3.8) is 0 Å². The van der Waals surface area contributed by atoms with Crippen LogP contribution in [0.3, 0.4) is 0 Å². The predicted octanol–water partition coefficient (Wildman–Crippen LogP) is 2.46. The Kier molecular flexibility index (Phi) is 5.03. The Bertz CT molecular complexity index is 412. The van der Waals surface area contributed by atoms with Crippen LogP contribution in [0.2, 0.25) is 0 Å². The van der Waals surface area contributed by atoms with Gasteiger partial charge in [-0.15, -0.1) is 11.3 Å². The first-order chi connectivity index (χ1) is 8.04. The van der Waals surface area contributed by atoms with Crippen LogP contribution >= 0.6 is 11.3 Å². The second-order valence-corrected chi connectivity index (χ2v) is 5.01. The third kappa shape index (κ3) is 4.11. The maximum Gasteiger partial charge on any atom is 0.263 e. The summed E-state index contributed by atoms with van der Waals surface area (Å²) in [5, 5.41) is 6.88. The lowest BCUT2D eigenvalue weighted by Gasteiger charge is -2.02. The first-order valence-corrected chi connectivity index (χ1v) is 6.42. The minimum atomic E-state index is -0.0993. The number of nitrogens with one attached hydrogen (secondary N) is 2. The molecule has 0 saturated carbocycles. The summed E-state index contributed by atoms with van der Waals surface area (Å²) in [6.07, 6.45) is 0.914. The highest BCUT2D eigenvalue weighted by Gasteiger charge is 2.13. The quantitative estimate of drug-likeness (QED) is 0.682. The van der Waals surface area contributed by atoms with Gasteiger partial charge in [0, 0.05) is 13.1 Å². The molecule has 0 saturated heterocycles. The minimum Gasteiger partial charge on any atom is -0.397 e. The van der Waals surface area contributed by atoms with E-state index in [1.807, 2.05) is 13.8 Å². The standard InChI is InChI=1S/C12H19N3OS/c1-4-5-14-12(16)11-9(13)6-10(17-11)15-7-8(2)3/h6,15H,2,4-5,7,13H2,1,3H3,(H,14,16). The van der Waals surface area contributed by atoms with Gasteiger partial charge in [0.2, 0.25) is 0 Å². The summed E-state index contributed by atoms with van der Waals surface area (Å²) in [6.45, 7) is 9.12. The van der Waals surface area contributed by atoms with Crippen molar-refractivity contribution in [2.75, 3.05) is 24.1 Å². The van der Waals surface area contributed by atoms with Gasteiger partial charge in [-0.05, 0) is 19.4 Å². The van der Waals surface area contributed by atoms with Gasteiger partial charge in [-0.2, -0.15) is 0 Å². The van der Waals surface area contributed by atoms with Gasteiger partial charge in [0.1, 0.15) is 4.88 Å². The van der Waals surface area contributed by atoms with Crippen LogP contribution in [0.25, 0.3) is 0 Å². The number of hydrogen-bond acceptors (Lipinski definition) is 4. The summed E-state index contributed by atoms with van der Waals surface area (Å²) < 4.78 is 0. The zero-order chi connectivity index (χ0) is 12.8. The van der Waals surface area contributed by atoms with E-state index < -0.39 is 0 Å². The number of nitrogens with two attached hydrogens (primary N) is 1. The van der Waals surface area contributed by atoms with E-state index in [-0.39, 0.29) is 5.91 Å². The fourth-order valence-corrected chi connectivity index (χ4v) is 2.12. The van der Waals surface area contributed by atoms with Gasteiger partial charge in [0.25, 0.3) is 5.91 Å². The molecule has 0 aliphatic carbocycles. The average Bonchev–Trinajstić information content (AvgIpc) is 2.65. The smallest absolute Gasteiger partial charge is 0.263 e. The second-order valence-electron chi connectivity index (χ2n) is 3.96. The Morgan fingerprint density at radius 1 is 1.59 bits per heavy atom. The van der Waals surface area contributed by atoms with Crippen molar-refractivity contribution in [3.8, 4) is 0 Å². The first kappa shape index (κ1) is 13.6. The summed E-state index contributed by atoms with van der Waals surface area (Å²) in [5.41, 5.74) is 7.36. The molecule has 0 aromatic carbocycles. The molecule has 94 valence electrons. The van der Waals surface area contributed by atoms with Crippen LogP contribution in [0.4, 0.5) is 10.7 Å². The van der Waals surface area contributed by atoms with Crippen molar-refractivity contribution in [1.29, 1.82) is 0 Å². The molecule has 1 amide bonds. The van der Waals surface area contributed by atoms with E-state index >= 15 is 0 Å². The molecule has 1 rings (SSSR count). The van der Waals surface area contributed by atoms with Crippen molar-refractivity contribution in [1.82, 2.24) is 5.32 Å². The largest absolute Gasteiger partial charge is 0.397 e. The van der Waals surface area contributed by atoms with E-state index in [9.17, 15) is 4.79 Å². The maximum absolute atomic E-state index is 11.7. The molecular weight excluding hydrogens is 234 g/mol. The van der Waals surface area contributed by atoms with E-state index in [0.29, 0.717) is 23.7 Å². The Labute approximate surface area is 106 Å². The number of nitrogen functional groups attached to an aromatic ring is 1. The highest BCUT2D eigenvalue weighted by molar-refractivity contribution is 7.18. The van der Waals surface area contributed by atoms with Crippen LogP contribution in [0, 0.1) is 0 Å². The van der Waals surface area contributed by atoms with Crippen molar-refractivity contribution in [2.45, 2.75) is 20.3 Å². The van der Waals surface area contributed by atoms with Gasteiger partial charge in [-0.1, -0.05) is 19.1 Å². The van der Waals surface area contributed by atoms with Crippen molar-refractivity contribution >= 4 is 27.9 Å². The zero-order valence-corrected chi connectivity index (χ0v) is 11.1. The monoisotopic (exact) mass is 253 g/mol. The van der Waals surface area contributed by atoms with E-state index in [2.05, 4.69) is 17.2 Å². The predicted molar refractivity (Wildman–Crippen MR) is 74.7 cm³/mol. The van der Waals surface area contributed by atoms with Crippen LogP contribution in [-0.2, 0) is 0 Å². The molecular formula is C12H19N3OS. The van der Waals surface area contributed by atoms with Gasteiger partial charge >= 0.3 is 0 Å². The van der Waals surface area contributed by atoms with Crippen molar-refractivity contribution < 1.29 is 4.79 Å². The lowest BCUT2D eigenvalue weighted by atomic mass is 10.3. The van der Waals surface area contributed by atoms with Gasteiger partial charge in [0.05, 0.1) is 10.7 Å².